The van der Waals surface area contributed by atoms with Gasteiger partial charge in [-0.1, -0.05) is 27.7 Å². The fourth-order valence-electron chi connectivity index (χ4n) is 4.14. The Morgan fingerprint density at radius 3 is 1.71 bits per heavy atom. The Morgan fingerprint density at radius 1 is 0.854 bits per heavy atom. The van der Waals surface area contributed by atoms with Crippen LogP contribution in [0.4, 0.5) is 9.59 Å². The first-order valence-electron chi connectivity index (χ1n) is 14.5. The van der Waals surface area contributed by atoms with Gasteiger partial charge in [0.2, 0.25) is 0 Å². The minimum atomic E-state index is -0.483. The molecule has 0 aromatic rings. The largest absolute Gasteiger partial charge is 1.00 e. The van der Waals surface area contributed by atoms with Gasteiger partial charge in [0.15, 0.2) is 0 Å². The molecule has 0 aromatic heterocycles. The van der Waals surface area contributed by atoms with E-state index >= 15 is 0 Å². The normalized spacial score (nSPS) is 22.1. The van der Waals surface area contributed by atoms with Crippen molar-refractivity contribution in [1.82, 2.24) is 9.80 Å². The van der Waals surface area contributed by atoms with Gasteiger partial charge in [0, 0.05) is 59.6 Å². The van der Waals surface area contributed by atoms with Crippen LogP contribution in [-0.2, 0) is 19.0 Å². The first-order valence-corrected chi connectivity index (χ1v) is 14.5. The summed E-state index contributed by atoms with van der Waals surface area (Å²) in [6.45, 7) is 23.4. The SMILES string of the molecule is C1CCOC1.CC(C)(C)OC(=O)N1CCC(=O)C(C)(C)CC1.CC(C)(C)OC(=O)N1CCC(O)C(C)(C)CC1.[B].[H-].[Li+]. The summed E-state index contributed by atoms with van der Waals surface area (Å²) in [6.07, 6.45) is 4.15. The smallest absolute Gasteiger partial charge is 1.00 e. The molecule has 0 spiro atoms. The molecule has 233 valence electrons. The van der Waals surface area contributed by atoms with E-state index in [4.69, 9.17) is 14.2 Å². The molecule has 0 aromatic carbocycles. The molecule has 3 rings (SSSR count). The monoisotopic (exact) mass is 575 g/mol. The summed E-state index contributed by atoms with van der Waals surface area (Å²) in [5, 5.41) is 9.97. The number of aliphatic hydroxyl groups excluding tert-OH is 1. The van der Waals surface area contributed by atoms with Crippen molar-refractivity contribution in [2.24, 2.45) is 10.8 Å². The first-order chi connectivity index (χ1) is 17.7. The van der Waals surface area contributed by atoms with Crippen LogP contribution in [0, 0.1) is 10.8 Å². The predicted octanol–water partition coefficient (Wildman–Crippen LogP) is 2.55. The Balaban J connectivity index is -0.000000583. The van der Waals surface area contributed by atoms with Gasteiger partial charge in [-0.05, 0) is 79.1 Å². The standard InChI is InChI=1S/C13H25NO3.C13H23NO3.C4H8O.B.Li.H/c2*1-12(2,3)17-11(16)14-8-6-10(15)13(4,5)7-9-14;1-2-4-5-3-1;;;/h10,15H,6-9H2,1-5H3;6-9H2,1-5H3;1-4H2;;;/q;;;;+1;-1. The van der Waals surface area contributed by atoms with Gasteiger partial charge in [-0.2, -0.15) is 0 Å². The number of carbonyl (C=O) groups excluding carboxylic acids is 3. The van der Waals surface area contributed by atoms with Crippen LogP contribution < -0.4 is 18.9 Å². The van der Waals surface area contributed by atoms with Crippen LogP contribution in [0.2, 0.25) is 0 Å². The molecule has 1 unspecified atom stereocenters. The van der Waals surface area contributed by atoms with Crippen LogP contribution in [-0.4, -0.2) is 98.0 Å². The maximum absolute atomic E-state index is 11.9. The molecule has 3 fully saturated rings. The molecule has 11 heteroatoms. The van der Waals surface area contributed by atoms with Gasteiger partial charge >= 0.3 is 31.0 Å². The van der Waals surface area contributed by atoms with Gasteiger partial charge < -0.3 is 30.5 Å². The Kier molecular flexibility index (Phi) is 18.2. The quantitative estimate of drug-likeness (QED) is 0.443. The van der Waals surface area contributed by atoms with Crippen LogP contribution in [0.25, 0.3) is 0 Å². The molecule has 3 saturated heterocycles. The second-order valence-corrected chi connectivity index (χ2v) is 14.1. The van der Waals surface area contributed by atoms with Crippen molar-refractivity contribution >= 4 is 26.4 Å². The van der Waals surface area contributed by atoms with Crippen molar-refractivity contribution in [3.8, 4) is 0 Å². The predicted molar refractivity (Wildman–Crippen MR) is 160 cm³/mol. The fourth-order valence-corrected chi connectivity index (χ4v) is 4.14. The summed E-state index contributed by atoms with van der Waals surface area (Å²) in [4.78, 5) is 38.9. The number of likely N-dealkylation sites (tertiary alicyclic amines) is 2. The Hall–Kier alpha value is -1.21. The molecule has 0 saturated carbocycles. The third kappa shape index (κ3) is 16.9. The van der Waals surface area contributed by atoms with Gasteiger partial charge in [0.1, 0.15) is 17.0 Å². The average Bonchev–Trinajstić information content (AvgIpc) is 3.28. The summed E-state index contributed by atoms with van der Waals surface area (Å²) in [5.41, 5.74) is -1.39. The molecule has 41 heavy (non-hydrogen) atoms. The van der Waals surface area contributed by atoms with Crippen molar-refractivity contribution in [3.05, 3.63) is 0 Å². The number of aliphatic hydroxyl groups is 1. The fraction of sp³-hybridized carbons (Fsp3) is 0.900. The van der Waals surface area contributed by atoms with E-state index in [0.29, 0.717) is 45.4 Å². The summed E-state index contributed by atoms with van der Waals surface area (Å²) in [5.74, 6) is 0.226. The third-order valence-electron chi connectivity index (χ3n) is 7.10. The van der Waals surface area contributed by atoms with Crippen molar-refractivity contribution in [3.63, 3.8) is 0 Å². The Bertz CT molecular complexity index is 805. The maximum Gasteiger partial charge on any atom is 1.00 e. The van der Waals surface area contributed by atoms with E-state index in [-0.39, 0.29) is 63.6 Å². The number of hydrogen-bond donors (Lipinski definition) is 1. The van der Waals surface area contributed by atoms with Gasteiger partial charge in [-0.15, -0.1) is 0 Å². The molecular formula is C30H57BLiN2O7. The topological polar surface area (TPSA) is 106 Å². The number of hydrogen-bond acceptors (Lipinski definition) is 7. The number of carbonyl (C=O) groups is 3. The van der Waals surface area contributed by atoms with Gasteiger partial charge in [-0.25, -0.2) is 9.59 Å². The molecule has 0 aliphatic carbocycles. The number of rotatable bonds is 0. The minimum absolute atomic E-state index is 0. The summed E-state index contributed by atoms with van der Waals surface area (Å²) >= 11 is 0. The van der Waals surface area contributed by atoms with Crippen LogP contribution in [0.5, 0.6) is 0 Å². The number of ether oxygens (including phenoxy) is 3. The molecule has 9 nitrogen and oxygen atoms in total. The van der Waals surface area contributed by atoms with E-state index in [1.54, 1.807) is 9.80 Å². The van der Waals surface area contributed by atoms with Crippen molar-refractivity contribution in [2.45, 2.75) is 125 Å². The number of Topliss-reactive ketones (excluding diaryl/α,β-unsaturated/α-hetero) is 1. The molecule has 3 radical (unpaired) electrons. The van der Waals surface area contributed by atoms with Crippen LogP contribution in [0.3, 0.4) is 0 Å². The zero-order valence-electron chi connectivity index (χ0n) is 28.9. The third-order valence-corrected chi connectivity index (χ3v) is 7.10. The number of ketones is 1. The van der Waals surface area contributed by atoms with Crippen molar-refractivity contribution < 1.29 is 54.0 Å². The zero-order valence-corrected chi connectivity index (χ0v) is 27.9. The zero-order chi connectivity index (χ0) is 30.1. The maximum atomic E-state index is 11.9. The molecule has 2 amide bonds. The van der Waals surface area contributed by atoms with Gasteiger partial charge in [0.25, 0.3) is 0 Å². The van der Waals surface area contributed by atoms with Gasteiger partial charge in [0.05, 0.1) is 6.10 Å². The molecule has 3 heterocycles. The molecular weight excluding hydrogens is 518 g/mol. The first kappa shape index (κ1) is 41.9. The van der Waals surface area contributed by atoms with E-state index < -0.39 is 11.2 Å². The minimum Gasteiger partial charge on any atom is -1.00 e. The van der Waals surface area contributed by atoms with E-state index in [0.717, 1.165) is 19.6 Å². The second-order valence-electron chi connectivity index (χ2n) is 14.1. The summed E-state index contributed by atoms with van der Waals surface area (Å²) < 4.78 is 15.6. The van der Waals surface area contributed by atoms with E-state index in [1.165, 1.54) is 12.8 Å². The second kappa shape index (κ2) is 17.8. The Morgan fingerprint density at radius 2 is 1.29 bits per heavy atom. The number of amides is 2. The molecule has 1 atom stereocenters. The van der Waals surface area contributed by atoms with E-state index in [2.05, 4.69) is 0 Å². The van der Waals surface area contributed by atoms with Crippen molar-refractivity contribution in [1.29, 1.82) is 0 Å². The summed E-state index contributed by atoms with van der Waals surface area (Å²) in [7, 11) is 0. The van der Waals surface area contributed by atoms with Gasteiger partial charge in [-0.3, -0.25) is 4.79 Å². The average molecular weight is 576 g/mol. The van der Waals surface area contributed by atoms with E-state index in [1.807, 2.05) is 69.2 Å². The Labute approximate surface area is 265 Å². The number of nitrogens with zero attached hydrogens (tertiary/aromatic N) is 2. The molecule has 0 bridgehead atoms. The van der Waals surface area contributed by atoms with Crippen molar-refractivity contribution in [2.75, 3.05) is 39.4 Å². The van der Waals surface area contributed by atoms with Crippen LogP contribution in [0.15, 0.2) is 0 Å². The van der Waals surface area contributed by atoms with Crippen LogP contribution >= 0.6 is 0 Å². The molecule has 3 aliphatic rings. The van der Waals surface area contributed by atoms with Crippen LogP contribution in [0.1, 0.15) is 109 Å². The molecule has 3 aliphatic heterocycles. The molecule has 1 N–H and O–H groups in total. The van der Waals surface area contributed by atoms with E-state index in [9.17, 15) is 19.5 Å². The summed E-state index contributed by atoms with van der Waals surface area (Å²) in [6, 6.07) is 0.